The Balaban J connectivity index is 4.49. The van der Waals surface area contributed by atoms with E-state index < -0.39 is 0 Å². The maximum atomic E-state index is 2.21. The Bertz CT molecular complexity index is 228. The van der Waals surface area contributed by atoms with Gasteiger partial charge in [-0.15, -0.1) is 11.8 Å². The van der Waals surface area contributed by atoms with Crippen LogP contribution in [-0.4, -0.2) is 6.26 Å². The quantitative estimate of drug-likeness (QED) is 0.594. The largest absolute Gasteiger partial charge is 0.130 e. The SMILES string of the molecule is CC/C(C)=C/C=C(\C=C(C)C)SC. The van der Waals surface area contributed by atoms with E-state index in [9.17, 15) is 0 Å². The summed E-state index contributed by atoms with van der Waals surface area (Å²) in [6.07, 6.45) is 9.85. The molecule has 0 atom stereocenters. The highest BCUT2D eigenvalue weighted by Gasteiger charge is 1.88. The number of allylic oxidation sites excluding steroid dienone is 5. The molecule has 0 N–H and O–H groups in total. The van der Waals surface area contributed by atoms with Crippen LogP contribution in [0.1, 0.15) is 34.1 Å². The van der Waals surface area contributed by atoms with Crippen molar-refractivity contribution in [1.29, 1.82) is 0 Å². The van der Waals surface area contributed by atoms with E-state index in [1.165, 1.54) is 16.1 Å². The summed E-state index contributed by atoms with van der Waals surface area (Å²) in [5.74, 6) is 0. The minimum atomic E-state index is 1.13. The zero-order valence-corrected chi connectivity index (χ0v) is 10.2. The third kappa shape index (κ3) is 6.71. The van der Waals surface area contributed by atoms with Gasteiger partial charge in [0.15, 0.2) is 0 Å². The molecule has 0 aromatic carbocycles. The molecule has 0 aromatic rings. The molecule has 74 valence electrons. The third-order valence-corrected chi connectivity index (χ3v) is 2.48. The van der Waals surface area contributed by atoms with Crippen LogP contribution in [0.25, 0.3) is 0 Å². The molecule has 0 spiro atoms. The number of hydrogen-bond acceptors (Lipinski definition) is 1. The Hall–Kier alpha value is -0.430. The van der Waals surface area contributed by atoms with Crippen molar-refractivity contribution in [3.05, 3.63) is 34.3 Å². The Morgan fingerprint density at radius 3 is 2.15 bits per heavy atom. The molecule has 0 radical (unpaired) electrons. The zero-order valence-electron chi connectivity index (χ0n) is 9.35. The molecule has 13 heavy (non-hydrogen) atoms. The van der Waals surface area contributed by atoms with E-state index in [0.29, 0.717) is 0 Å². The summed E-state index contributed by atoms with van der Waals surface area (Å²) in [7, 11) is 0. The highest BCUT2D eigenvalue weighted by atomic mass is 32.2. The minimum Gasteiger partial charge on any atom is -0.130 e. The first-order chi connectivity index (χ1) is 6.10. The van der Waals surface area contributed by atoms with Crippen LogP contribution in [0.15, 0.2) is 34.3 Å². The molecule has 0 amide bonds. The molecule has 0 saturated carbocycles. The lowest BCUT2D eigenvalue weighted by Crippen LogP contribution is -1.73. The molecule has 0 rings (SSSR count). The fraction of sp³-hybridized carbons (Fsp3) is 0.500. The van der Waals surface area contributed by atoms with Gasteiger partial charge < -0.3 is 0 Å². The van der Waals surface area contributed by atoms with Crippen LogP contribution in [-0.2, 0) is 0 Å². The Morgan fingerprint density at radius 2 is 1.77 bits per heavy atom. The lowest BCUT2D eigenvalue weighted by atomic mass is 10.2. The van der Waals surface area contributed by atoms with Gasteiger partial charge in [0.25, 0.3) is 0 Å². The van der Waals surface area contributed by atoms with Gasteiger partial charge in [0.1, 0.15) is 0 Å². The molecule has 0 aliphatic heterocycles. The van der Waals surface area contributed by atoms with Gasteiger partial charge in [0, 0.05) is 4.91 Å². The van der Waals surface area contributed by atoms with Crippen molar-refractivity contribution < 1.29 is 0 Å². The maximum Gasteiger partial charge on any atom is 0.00684 e. The van der Waals surface area contributed by atoms with Crippen molar-refractivity contribution in [2.45, 2.75) is 34.1 Å². The van der Waals surface area contributed by atoms with Gasteiger partial charge >= 0.3 is 0 Å². The molecular formula is C12H20S. The molecule has 0 saturated heterocycles. The van der Waals surface area contributed by atoms with Crippen molar-refractivity contribution in [2.75, 3.05) is 6.26 Å². The third-order valence-electron chi connectivity index (χ3n) is 1.76. The second-order valence-corrected chi connectivity index (χ2v) is 4.24. The Kier molecular flexibility index (Phi) is 6.79. The van der Waals surface area contributed by atoms with Crippen molar-refractivity contribution >= 4 is 11.8 Å². The smallest absolute Gasteiger partial charge is 0.00684 e. The average molecular weight is 196 g/mol. The van der Waals surface area contributed by atoms with Crippen molar-refractivity contribution in [3.63, 3.8) is 0 Å². The van der Waals surface area contributed by atoms with Crippen LogP contribution in [0.4, 0.5) is 0 Å². The Morgan fingerprint density at radius 1 is 1.15 bits per heavy atom. The fourth-order valence-electron chi connectivity index (χ4n) is 0.802. The summed E-state index contributed by atoms with van der Waals surface area (Å²) in [4.78, 5) is 1.33. The van der Waals surface area contributed by atoms with Crippen molar-refractivity contribution in [1.82, 2.24) is 0 Å². The van der Waals surface area contributed by atoms with Gasteiger partial charge in [-0.1, -0.05) is 24.1 Å². The second-order valence-electron chi connectivity index (χ2n) is 3.36. The molecular weight excluding hydrogens is 176 g/mol. The summed E-state index contributed by atoms with van der Waals surface area (Å²) in [6.45, 7) is 8.59. The topological polar surface area (TPSA) is 0 Å². The van der Waals surface area contributed by atoms with E-state index >= 15 is 0 Å². The summed E-state index contributed by atoms with van der Waals surface area (Å²) in [6, 6.07) is 0. The maximum absolute atomic E-state index is 2.21. The van der Waals surface area contributed by atoms with Crippen molar-refractivity contribution in [3.8, 4) is 0 Å². The summed E-state index contributed by atoms with van der Waals surface area (Å²) < 4.78 is 0. The van der Waals surface area contributed by atoms with Gasteiger partial charge in [-0.25, -0.2) is 0 Å². The number of hydrogen-bond donors (Lipinski definition) is 0. The first-order valence-corrected chi connectivity index (χ1v) is 5.89. The second kappa shape index (κ2) is 7.02. The van der Waals surface area contributed by atoms with Crippen LogP contribution in [0.2, 0.25) is 0 Å². The molecule has 0 nitrogen and oxygen atoms in total. The van der Waals surface area contributed by atoms with Crippen molar-refractivity contribution in [2.24, 2.45) is 0 Å². The van der Waals surface area contributed by atoms with E-state index in [1.807, 2.05) is 0 Å². The predicted octanol–water partition coefficient (Wildman–Crippen LogP) is 4.56. The van der Waals surface area contributed by atoms with Crippen LogP contribution in [0.5, 0.6) is 0 Å². The highest BCUT2D eigenvalue weighted by Crippen LogP contribution is 2.15. The highest BCUT2D eigenvalue weighted by molar-refractivity contribution is 8.02. The van der Waals surface area contributed by atoms with E-state index in [4.69, 9.17) is 0 Å². The summed E-state index contributed by atoms with van der Waals surface area (Å²) >= 11 is 1.79. The van der Waals surface area contributed by atoms with Gasteiger partial charge in [-0.2, -0.15) is 0 Å². The zero-order chi connectivity index (χ0) is 10.3. The standard InChI is InChI=1S/C12H20S/c1-6-11(4)7-8-12(13-5)9-10(2)3/h7-9H,6H2,1-5H3/b11-7+,12-8+. The molecule has 0 unspecified atom stereocenters. The average Bonchev–Trinajstić information content (AvgIpc) is 2.10. The number of rotatable bonds is 4. The van der Waals surface area contributed by atoms with Crippen LogP contribution in [0, 0.1) is 0 Å². The van der Waals surface area contributed by atoms with Crippen LogP contribution < -0.4 is 0 Å². The van der Waals surface area contributed by atoms with Gasteiger partial charge in [0.05, 0.1) is 0 Å². The Labute approximate surface area is 86.8 Å². The molecule has 0 aliphatic carbocycles. The first-order valence-electron chi connectivity index (χ1n) is 4.66. The monoisotopic (exact) mass is 196 g/mol. The summed E-state index contributed by atoms with van der Waals surface area (Å²) in [5, 5.41) is 0. The summed E-state index contributed by atoms with van der Waals surface area (Å²) in [5.41, 5.74) is 2.77. The number of thioether (sulfide) groups is 1. The first kappa shape index (κ1) is 12.6. The molecule has 0 aromatic heterocycles. The predicted molar refractivity (Wildman–Crippen MR) is 65.1 cm³/mol. The molecule has 0 aliphatic rings. The van der Waals surface area contributed by atoms with Gasteiger partial charge in [0.2, 0.25) is 0 Å². The van der Waals surface area contributed by atoms with E-state index in [0.717, 1.165) is 6.42 Å². The molecule has 0 fully saturated rings. The lowest BCUT2D eigenvalue weighted by Gasteiger charge is -1.97. The molecule has 0 bridgehead atoms. The fourth-order valence-corrected chi connectivity index (χ4v) is 1.36. The van der Waals surface area contributed by atoms with E-state index in [-0.39, 0.29) is 0 Å². The minimum absolute atomic E-state index is 1.13. The molecule has 1 heteroatoms. The normalized spacial score (nSPS) is 13.0. The van der Waals surface area contributed by atoms with E-state index in [1.54, 1.807) is 11.8 Å². The van der Waals surface area contributed by atoms with Gasteiger partial charge in [-0.3, -0.25) is 0 Å². The molecule has 0 heterocycles. The van der Waals surface area contributed by atoms with E-state index in [2.05, 4.69) is 52.2 Å². The van der Waals surface area contributed by atoms with Gasteiger partial charge in [-0.05, 0) is 45.6 Å². The van der Waals surface area contributed by atoms with Crippen LogP contribution >= 0.6 is 11.8 Å². The van der Waals surface area contributed by atoms with Crippen LogP contribution in [0.3, 0.4) is 0 Å². The lowest BCUT2D eigenvalue weighted by molar-refractivity contribution is 1.10.